The SMILES string of the molecule is NCC(c1ccc(O)cc1)C1CCCCN1Cc1ccccc1. The van der Waals surface area contributed by atoms with Gasteiger partial charge in [-0.25, -0.2) is 0 Å². The number of piperidine rings is 1. The highest BCUT2D eigenvalue weighted by Gasteiger charge is 2.30. The van der Waals surface area contributed by atoms with Gasteiger partial charge in [-0.05, 0) is 42.6 Å². The van der Waals surface area contributed by atoms with Gasteiger partial charge in [-0.15, -0.1) is 0 Å². The predicted molar refractivity (Wildman–Crippen MR) is 94.4 cm³/mol. The summed E-state index contributed by atoms with van der Waals surface area (Å²) in [5, 5.41) is 9.53. The zero-order chi connectivity index (χ0) is 16.1. The van der Waals surface area contributed by atoms with Crippen LogP contribution in [-0.4, -0.2) is 29.1 Å². The molecule has 3 rings (SSSR count). The molecule has 0 amide bonds. The van der Waals surface area contributed by atoms with Crippen molar-refractivity contribution in [3.8, 4) is 5.75 Å². The summed E-state index contributed by atoms with van der Waals surface area (Å²) in [6, 6.07) is 18.7. The lowest BCUT2D eigenvalue weighted by atomic mass is 9.85. The lowest BCUT2D eigenvalue weighted by molar-refractivity contribution is 0.119. The van der Waals surface area contributed by atoms with Crippen LogP contribution in [0.4, 0.5) is 0 Å². The maximum absolute atomic E-state index is 9.53. The Kier molecular flexibility index (Phi) is 5.31. The Labute approximate surface area is 138 Å². The third kappa shape index (κ3) is 3.92. The molecular formula is C20H26N2O. The van der Waals surface area contributed by atoms with E-state index in [9.17, 15) is 5.11 Å². The van der Waals surface area contributed by atoms with E-state index in [0.717, 1.165) is 13.1 Å². The van der Waals surface area contributed by atoms with Crippen molar-refractivity contribution in [1.29, 1.82) is 0 Å². The highest BCUT2D eigenvalue weighted by atomic mass is 16.3. The van der Waals surface area contributed by atoms with Crippen molar-refractivity contribution in [3.63, 3.8) is 0 Å². The topological polar surface area (TPSA) is 49.5 Å². The summed E-state index contributed by atoms with van der Waals surface area (Å²) in [6.45, 7) is 2.76. The number of phenols is 1. The first-order valence-electron chi connectivity index (χ1n) is 8.55. The highest BCUT2D eigenvalue weighted by molar-refractivity contribution is 5.30. The summed E-state index contributed by atoms with van der Waals surface area (Å²) in [6.07, 6.45) is 3.72. The van der Waals surface area contributed by atoms with Crippen molar-refractivity contribution in [1.82, 2.24) is 4.90 Å². The molecular weight excluding hydrogens is 284 g/mol. The number of benzene rings is 2. The van der Waals surface area contributed by atoms with Gasteiger partial charge in [-0.1, -0.05) is 48.9 Å². The molecule has 2 atom stereocenters. The molecule has 23 heavy (non-hydrogen) atoms. The Hall–Kier alpha value is -1.84. The molecule has 1 aliphatic heterocycles. The van der Waals surface area contributed by atoms with E-state index in [2.05, 4.69) is 35.2 Å². The molecule has 0 radical (unpaired) electrons. The molecule has 0 aromatic heterocycles. The molecule has 3 nitrogen and oxygen atoms in total. The van der Waals surface area contributed by atoms with E-state index in [1.807, 2.05) is 12.1 Å². The Balaban J connectivity index is 1.80. The van der Waals surface area contributed by atoms with Crippen LogP contribution in [0.25, 0.3) is 0 Å². The number of nitrogens with zero attached hydrogens (tertiary/aromatic N) is 1. The van der Waals surface area contributed by atoms with E-state index in [4.69, 9.17) is 5.73 Å². The van der Waals surface area contributed by atoms with Crippen molar-refractivity contribution < 1.29 is 5.11 Å². The minimum atomic E-state index is 0.314. The second kappa shape index (κ2) is 7.62. The zero-order valence-corrected chi connectivity index (χ0v) is 13.6. The fourth-order valence-corrected chi connectivity index (χ4v) is 3.72. The van der Waals surface area contributed by atoms with Crippen LogP contribution in [0.2, 0.25) is 0 Å². The van der Waals surface area contributed by atoms with Crippen LogP contribution in [0.3, 0.4) is 0 Å². The van der Waals surface area contributed by atoms with E-state index < -0.39 is 0 Å². The van der Waals surface area contributed by atoms with Gasteiger partial charge in [0.25, 0.3) is 0 Å². The predicted octanol–water partition coefficient (Wildman–Crippen LogP) is 3.49. The third-order valence-corrected chi connectivity index (χ3v) is 4.93. The zero-order valence-electron chi connectivity index (χ0n) is 13.6. The first-order valence-corrected chi connectivity index (χ1v) is 8.55. The fraction of sp³-hybridized carbons (Fsp3) is 0.400. The largest absolute Gasteiger partial charge is 0.508 e. The third-order valence-electron chi connectivity index (χ3n) is 4.93. The van der Waals surface area contributed by atoms with Gasteiger partial charge in [0.1, 0.15) is 5.75 Å². The van der Waals surface area contributed by atoms with Crippen molar-refractivity contribution >= 4 is 0 Å². The number of phenolic OH excluding ortho intramolecular Hbond substituents is 1. The number of hydrogen-bond donors (Lipinski definition) is 2. The molecule has 1 aliphatic rings. The van der Waals surface area contributed by atoms with Crippen LogP contribution in [0.15, 0.2) is 54.6 Å². The molecule has 1 heterocycles. The Morgan fingerprint density at radius 1 is 1.04 bits per heavy atom. The molecule has 2 aromatic carbocycles. The molecule has 2 aromatic rings. The molecule has 3 heteroatoms. The minimum Gasteiger partial charge on any atom is -0.508 e. The van der Waals surface area contributed by atoms with E-state index in [1.165, 1.54) is 30.4 Å². The van der Waals surface area contributed by atoms with Gasteiger partial charge < -0.3 is 10.8 Å². The van der Waals surface area contributed by atoms with Crippen molar-refractivity contribution in [2.75, 3.05) is 13.1 Å². The van der Waals surface area contributed by atoms with Gasteiger partial charge in [0.15, 0.2) is 0 Å². The lowest BCUT2D eigenvalue weighted by Gasteiger charge is -2.40. The van der Waals surface area contributed by atoms with E-state index in [0.29, 0.717) is 24.3 Å². The van der Waals surface area contributed by atoms with Gasteiger partial charge in [0.2, 0.25) is 0 Å². The summed E-state index contributed by atoms with van der Waals surface area (Å²) in [5.41, 5.74) is 8.73. The quantitative estimate of drug-likeness (QED) is 0.889. The van der Waals surface area contributed by atoms with Crippen molar-refractivity contribution in [2.24, 2.45) is 5.73 Å². The molecule has 0 saturated carbocycles. The average Bonchev–Trinajstić information content (AvgIpc) is 2.59. The van der Waals surface area contributed by atoms with Crippen molar-refractivity contribution in [2.45, 2.75) is 37.8 Å². The molecule has 3 N–H and O–H groups in total. The molecule has 1 saturated heterocycles. The maximum atomic E-state index is 9.53. The number of nitrogens with two attached hydrogens (primary N) is 1. The monoisotopic (exact) mass is 310 g/mol. The Morgan fingerprint density at radius 3 is 2.48 bits per heavy atom. The molecule has 0 aliphatic carbocycles. The van der Waals surface area contributed by atoms with Gasteiger partial charge in [0, 0.05) is 25.0 Å². The lowest BCUT2D eigenvalue weighted by Crippen LogP contribution is -2.44. The van der Waals surface area contributed by atoms with Crippen LogP contribution < -0.4 is 5.73 Å². The maximum Gasteiger partial charge on any atom is 0.115 e. The van der Waals surface area contributed by atoms with Crippen LogP contribution in [0, 0.1) is 0 Å². The second-order valence-corrected chi connectivity index (χ2v) is 6.45. The molecule has 0 bridgehead atoms. The number of likely N-dealkylation sites (tertiary alicyclic amines) is 1. The summed E-state index contributed by atoms with van der Waals surface area (Å²) in [7, 11) is 0. The first kappa shape index (κ1) is 16.0. The Morgan fingerprint density at radius 2 is 1.78 bits per heavy atom. The van der Waals surface area contributed by atoms with Crippen LogP contribution in [0.5, 0.6) is 5.75 Å². The normalized spacial score (nSPS) is 20.3. The first-order chi connectivity index (χ1) is 11.3. The smallest absolute Gasteiger partial charge is 0.115 e. The van der Waals surface area contributed by atoms with E-state index in [1.54, 1.807) is 12.1 Å². The van der Waals surface area contributed by atoms with Gasteiger partial charge in [-0.2, -0.15) is 0 Å². The summed E-state index contributed by atoms with van der Waals surface area (Å²) < 4.78 is 0. The molecule has 2 unspecified atom stereocenters. The van der Waals surface area contributed by atoms with Crippen molar-refractivity contribution in [3.05, 3.63) is 65.7 Å². The minimum absolute atomic E-state index is 0.314. The fourth-order valence-electron chi connectivity index (χ4n) is 3.72. The molecule has 0 spiro atoms. The van der Waals surface area contributed by atoms with Gasteiger partial charge in [-0.3, -0.25) is 4.90 Å². The average molecular weight is 310 g/mol. The highest BCUT2D eigenvalue weighted by Crippen LogP contribution is 2.31. The molecule has 1 fully saturated rings. The standard InChI is InChI=1S/C20H26N2O/c21-14-19(17-9-11-18(23)12-10-17)20-8-4-5-13-22(20)15-16-6-2-1-3-7-16/h1-3,6-7,9-12,19-20,23H,4-5,8,13-15,21H2. The van der Waals surface area contributed by atoms with Crippen LogP contribution in [-0.2, 0) is 6.54 Å². The van der Waals surface area contributed by atoms with Crippen LogP contribution in [0.1, 0.15) is 36.3 Å². The summed E-state index contributed by atoms with van der Waals surface area (Å²) in [5.74, 6) is 0.633. The van der Waals surface area contributed by atoms with E-state index >= 15 is 0 Å². The number of hydrogen-bond acceptors (Lipinski definition) is 3. The van der Waals surface area contributed by atoms with Crippen LogP contribution >= 0.6 is 0 Å². The van der Waals surface area contributed by atoms with Gasteiger partial charge in [0.05, 0.1) is 0 Å². The van der Waals surface area contributed by atoms with Gasteiger partial charge >= 0.3 is 0 Å². The summed E-state index contributed by atoms with van der Waals surface area (Å²) >= 11 is 0. The summed E-state index contributed by atoms with van der Waals surface area (Å²) in [4.78, 5) is 2.59. The second-order valence-electron chi connectivity index (χ2n) is 6.45. The molecule has 122 valence electrons. The Bertz CT molecular complexity index is 597. The number of aromatic hydroxyl groups is 1. The number of rotatable bonds is 5. The van der Waals surface area contributed by atoms with E-state index in [-0.39, 0.29) is 0 Å².